The Hall–Kier alpha value is -0.440. The Bertz CT molecular complexity index is 124. The zero-order valence-electron chi connectivity index (χ0n) is 4.01. The maximum absolute atomic E-state index is 3.63. The van der Waals surface area contributed by atoms with E-state index in [1.807, 2.05) is 0 Å². The molecule has 1 rings (SSSR count). The van der Waals surface area contributed by atoms with Crippen LogP contribution in [0, 0.1) is 6.20 Å². The highest BCUT2D eigenvalue weighted by molar-refractivity contribution is 7.05. The van der Waals surface area contributed by atoms with Gasteiger partial charge < -0.3 is 0 Å². The van der Waals surface area contributed by atoms with Crippen LogP contribution in [-0.4, -0.2) is 9.59 Å². The molecule has 1 radical (unpaired) electrons. The number of aromatic nitrogens is 2. The molecule has 0 atom stereocenters. The number of hydrogen-bond donors (Lipinski definition) is 0. The first-order chi connectivity index (χ1) is 3.43. The summed E-state index contributed by atoms with van der Waals surface area (Å²) in [4.78, 5) is 1.13. The van der Waals surface area contributed by atoms with Crippen molar-refractivity contribution in [2.75, 3.05) is 0 Å². The van der Waals surface area contributed by atoms with Crippen LogP contribution in [0.4, 0.5) is 0 Å². The SMILES string of the molecule is CCc1[c]nns1. The summed E-state index contributed by atoms with van der Waals surface area (Å²) in [5.41, 5.74) is 0. The molecule has 0 N–H and O–H groups in total. The van der Waals surface area contributed by atoms with Crippen molar-refractivity contribution in [1.82, 2.24) is 9.59 Å². The Labute approximate surface area is 46.4 Å². The quantitative estimate of drug-likeness (QED) is 0.540. The summed E-state index contributed by atoms with van der Waals surface area (Å²) in [6.45, 7) is 2.06. The molecule has 3 heteroatoms. The van der Waals surface area contributed by atoms with Crippen LogP contribution >= 0.6 is 11.5 Å². The Kier molecular flexibility index (Phi) is 1.36. The van der Waals surface area contributed by atoms with Crippen LogP contribution < -0.4 is 0 Å². The third-order valence-electron chi connectivity index (χ3n) is 0.688. The molecule has 1 heterocycles. The average Bonchev–Trinajstić information content (AvgIpc) is 2.14. The Morgan fingerprint density at radius 3 is 3.00 bits per heavy atom. The van der Waals surface area contributed by atoms with E-state index in [1.165, 1.54) is 11.5 Å². The Balaban J connectivity index is 2.76. The maximum atomic E-state index is 3.63. The van der Waals surface area contributed by atoms with Gasteiger partial charge in [-0.1, -0.05) is 11.4 Å². The van der Waals surface area contributed by atoms with Crippen LogP contribution in [0.3, 0.4) is 0 Å². The first-order valence-electron chi connectivity index (χ1n) is 2.12. The largest absolute Gasteiger partial charge is 0.136 e. The van der Waals surface area contributed by atoms with E-state index in [1.54, 1.807) is 0 Å². The van der Waals surface area contributed by atoms with Crippen molar-refractivity contribution in [3.05, 3.63) is 11.1 Å². The van der Waals surface area contributed by atoms with Crippen LogP contribution in [0.15, 0.2) is 0 Å². The van der Waals surface area contributed by atoms with Gasteiger partial charge in [0.15, 0.2) is 0 Å². The molecule has 0 spiro atoms. The monoisotopic (exact) mass is 113 g/mol. The summed E-state index contributed by atoms with van der Waals surface area (Å²) in [6.07, 6.45) is 3.74. The minimum absolute atomic E-state index is 0.998. The van der Waals surface area contributed by atoms with Gasteiger partial charge in [-0.25, -0.2) is 0 Å². The van der Waals surface area contributed by atoms with Crippen LogP contribution in [0.25, 0.3) is 0 Å². The van der Waals surface area contributed by atoms with E-state index in [-0.39, 0.29) is 0 Å². The lowest BCUT2D eigenvalue weighted by Crippen LogP contribution is -1.65. The van der Waals surface area contributed by atoms with Crippen molar-refractivity contribution in [2.45, 2.75) is 13.3 Å². The van der Waals surface area contributed by atoms with E-state index in [0.29, 0.717) is 0 Å². The molecule has 2 nitrogen and oxygen atoms in total. The van der Waals surface area contributed by atoms with E-state index >= 15 is 0 Å². The van der Waals surface area contributed by atoms with Gasteiger partial charge >= 0.3 is 0 Å². The second kappa shape index (κ2) is 2.02. The highest BCUT2D eigenvalue weighted by Gasteiger charge is 1.87. The topological polar surface area (TPSA) is 25.8 Å². The van der Waals surface area contributed by atoms with Crippen LogP contribution in [0.5, 0.6) is 0 Å². The molecular formula is C4H5N2S. The maximum Gasteiger partial charge on any atom is 0.130 e. The minimum atomic E-state index is 0.998. The van der Waals surface area contributed by atoms with Crippen molar-refractivity contribution >= 4 is 11.5 Å². The predicted molar refractivity (Wildman–Crippen MR) is 28.1 cm³/mol. The molecule has 0 saturated carbocycles. The molecule has 0 aliphatic carbocycles. The summed E-state index contributed by atoms with van der Waals surface area (Å²) < 4.78 is 3.63. The van der Waals surface area contributed by atoms with Crippen molar-refractivity contribution in [1.29, 1.82) is 0 Å². The molecule has 0 aliphatic heterocycles. The van der Waals surface area contributed by atoms with Gasteiger partial charge in [0.2, 0.25) is 0 Å². The molecule has 1 aromatic heterocycles. The first-order valence-corrected chi connectivity index (χ1v) is 2.89. The van der Waals surface area contributed by atoms with Crippen LogP contribution in [0.1, 0.15) is 11.8 Å². The van der Waals surface area contributed by atoms with Gasteiger partial charge in [0.05, 0.1) is 4.88 Å². The molecule has 0 saturated heterocycles. The van der Waals surface area contributed by atoms with Gasteiger partial charge in [-0.05, 0) is 18.0 Å². The highest BCUT2D eigenvalue weighted by Crippen LogP contribution is 1.99. The van der Waals surface area contributed by atoms with Gasteiger partial charge in [-0.3, -0.25) is 0 Å². The van der Waals surface area contributed by atoms with Gasteiger partial charge in [0, 0.05) is 0 Å². The summed E-state index contributed by atoms with van der Waals surface area (Å²) >= 11 is 1.41. The van der Waals surface area contributed by atoms with E-state index in [0.717, 1.165) is 11.3 Å². The van der Waals surface area contributed by atoms with E-state index < -0.39 is 0 Å². The third-order valence-corrected chi connectivity index (χ3v) is 1.45. The fourth-order valence-corrected chi connectivity index (χ4v) is 0.701. The number of rotatable bonds is 1. The second-order valence-electron chi connectivity index (χ2n) is 1.16. The number of aryl methyl sites for hydroxylation is 1. The van der Waals surface area contributed by atoms with Gasteiger partial charge in [0.1, 0.15) is 6.20 Å². The Morgan fingerprint density at radius 2 is 2.71 bits per heavy atom. The van der Waals surface area contributed by atoms with Crippen molar-refractivity contribution in [3.63, 3.8) is 0 Å². The molecule has 0 aliphatic rings. The first kappa shape index (κ1) is 4.71. The third kappa shape index (κ3) is 0.962. The van der Waals surface area contributed by atoms with Gasteiger partial charge in [0.25, 0.3) is 0 Å². The lowest BCUT2D eigenvalue weighted by Gasteiger charge is -1.73. The van der Waals surface area contributed by atoms with Crippen molar-refractivity contribution < 1.29 is 0 Å². The Morgan fingerprint density at radius 1 is 1.86 bits per heavy atom. The number of nitrogens with zero attached hydrogens (tertiary/aromatic N) is 2. The summed E-state index contributed by atoms with van der Waals surface area (Å²) in [7, 11) is 0. The van der Waals surface area contributed by atoms with Crippen LogP contribution in [-0.2, 0) is 6.42 Å². The molecular weight excluding hydrogens is 108 g/mol. The molecule has 1 aromatic rings. The van der Waals surface area contributed by atoms with Crippen molar-refractivity contribution in [3.8, 4) is 0 Å². The lowest BCUT2D eigenvalue weighted by atomic mass is 10.4. The number of hydrogen-bond acceptors (Lipinski definition) is 3. The zero-order valence-corrected chi connectivity index (χ0v) is 4.83. The second-order valence-corrected chi connectivity index (χ2v) is 2.00. The molecule has 0 unspecified atom stereocenters. The normalized spacial score (nSPS) is 9.29. The molecule has 0 aromatic carbocycles. The fourth-order valence-electron chi connectivity index (χ4n) is 0.310. The standard InChI is InChI=1S/C4H5N2S/c1-2-4-3-5-6-7-4/h2H2,1H3. The van der Waals surface area contributed by atoms with Crippen molar-refractivity contribution in [2.24, 2.45) is 0 Å². The summed E-state index contributed by atoms with van der Waals surface area (Å²) in [5, 5.41) is 3.54. The minimum Gasteiger partial charge on any atom is -0.136 e. The van der Waals surface area contributed by atoms with Gasteiger partial charge in [-0.2, -0.15) is 0 Å². The highest BCUT2D eigenvalue weighted by atomic mass is 32.1. The van der Waals surface area contributed by atoms with E-state index in [4.69, 9.17) is 0 Å². The smallest absolute Gasteiger partial charge is 0.130 e. The fraction of sp³-hybridized carbons (Fsp3) is 0.500. The average molecular weight is 113 g/mol. The zero-order chi connectivity index (χ0) is 5.11. The lowest BCUT2D eigenvalue weighted by molar-refractivity contribution is 1.11. The van der Waals surface area contributed by atoms with E-state index in [2.05, 4.69) is 22.7 Å². The molecule has 0 bridgehead atoms. The molecule has 0 fully saturated rings. The molecule has 0 amide bonds. The van der Waals surface area contributed by atoms with E-state index in [9.17, 15) is 0 Å². The molecule has 37 valence electrons. The van der Waals surface area contributed by atoms with Gasteiger partial charge in [-0.15, -0.1) is 5.10 Å². The molecule has 7 heavy (non-hydrogen) atoms. The summed E-state index contributed by atoms with van der Waals surface area (Å²) in [5.74, 6) is 0. The van der Waals surface area contributed by atoms with Crippen LogP contribution in [0.2, 0.25) is 0 Å². The summed E-state index contributed by atoms with van der Waals surface area (Å²) in [6, 6.07) is 0. The predicted octanol–water partition coefficient (Wildman–Crippen LogP) is 0.901.